The van der Waals surface area contributed by atoms with Crippen molar-refractivity contribution in [3.63, 3.8) is 0 Å². The lowest BCUT2D eigenvalue weighted by Crippen LogP contribution is -2.52. The Kier molecular flexibility index (Phi) is 4.24. The summed E-state index contributed by atoms with van der Waals surface area (Å²) in [7, 11) is 0. The molecule has 0 radical (unpaired) electrons. The van der Waals surface area contributed by atoms with Gasteiger partial charge in [-0.2, -0.15) is 0 Å². The number of amides is 3. The van der Waals surface area contributed by atoms with Gasteiger partial charge in [-0.25, -0.2) is 4.79 Å². The van der Waals surface area contributed by atoms with Crippen LogP contribution in [0.4, 0.5) is 0 Å². The lowest BCUT2D eigenvalue weighted by Gasteiger charge is -2.29. The zero-order valence-electron chi connectivity index (χ0n) is 16.0. The van der Waals surface area contributed by atoms with Crippen LogP contribution in [0, 0.1) is 0 Å². The van der Waals surface area contributed by atoms with Gasteiger partial charge in [-0.3, -0.25) is 24.2 Å². The van der Waals surface area contributed by atoms with Crippen LogP contribution in [-0.4, -0.2) is 45.6 Å². The summed E-state index contributed by atoms with van der Waals surface area (Å²) in [5, 5.41) is 0. The first kappa shape index (κ1) is 18.3. The van der Waals surface area contributed by atoms with Gasteiger partial charge in [0.15, 0.2) is 0 Å². The third-order valence-electron chi connectivity index (χ3n) is 5.72. The average molecular weight is 402 g/mol. The van der Waals surface area contributed by atoms with Crippen LogP contribution in [0.3, 0.4) is 0 Å². The first-order valence-electron chi connectivity index (χ1n) is 9.82. The summed E-state index contributed by atoms with van der Waals surface area (Å²) in [5.41, 5.74) is 1.47. The van der Waals surface area contributed by atoms with Gasteiger partial charge in [-0.15, -0.1) is 0 Å². The second-order valence-corrected chi connectivity index (χ2v) is 7.50. The summed E-state index contributed by atoms with van der Waals surface area (Å²) in [6.07, 6.45) is 2.65. The van der Waals surface area contributed by atoms with E-state index in [-0.39, 0.29) is 18.7 Å². The van der Waals surface area contributed by atoms with E-state index in [9.17, 15) is 19.2 Å². The van der Waals surface area contributed by atoms with Crippen molar-refractivity contribution in [3.8, 4) is 0 Å². The Morgan fingerprint density at radius 1 is 0.833 bits per heavy atom. The number of nitrogens with zero attached hydrogens (tertiary/aromatic N) is 2. The monoisotopic (exact) mass is 402 g/mol. The van der Waals surface area contributed by atoms with Crippen LogP contribution in [-0.2, 0) is 20.7 Å². The number of ether oxygens (including phenoxy) is 1. The Morgan fingerprint density at radius 2 is 1.47 bits per heavy atom. The van der Waals surface area contributed by atoms with Gasteiger partial charge in [0.1, 0.15) is 12.1 Å². The van der Waals surface area contributed by atoms with Gasteiger partial charge >= 0.3 is 5.97 Å². The van der Waals surface area contributed by atoms with Crippen LogP contribution >= 0.6 is 0 Å². The fourth-order valence-electron chi connectivity index (χ4n) is 4.27. The van der Waals surface area contributed by atoms with E-state index in [4.69, 9.17) is 4.74 Å². The van der Waals surface area contributed by atoms with E-state index in [2.05, 4.69) is 0 Å². The molecule has 7 nitrogen and oxygen atoms in total. The van der Waals surface area contributed by atoms with Crippen LogP contribution in [0.15, 0.2) is 66.6 Å². The van der Waals surface area contributed by atoms with E-state index in [1.165, 1.54) is 4.90 Å². The molecule has 0 spiro atoms. The Balaban J connectivity index is 1.48. The summed E-state index contributed by atoms with van der Waals surface area (Å²) in [6.45, 7) is 0. The molecule has 2 aromatic carbocycles. The quantitative estimate of drug-likeness (QED) is 0.581. The smallest absolute Gasteiger partial charge is 0.336 e. The SMILES string of the molecule is O=C1OC2=CCC[C@H](N3C(=O)c4ccccc4C3=O)C(=O)N2[C@@H]1Cc1ccccc1. The van der Waals surface area contributed by atoms with E-state index >= 15 is 0 Å². The molecule has 0 bridgehead atoms. The zero-order chi connectivity index (χ0) is 20.8. The number of allylic oxidation sites excluding steroid dienone is 1. The molecular weight excluding hydrogens is 384 g/mol. The van der Waals surface area contributed by atoms with Crippen LogP contribution in [0.25, 0.3) is 0 Å². The first-order valence-corrected chi connectivity index (χ1v) is 9.82. The van der Waals surface area contributed by atoms with Crippen LogP contribution < -0.4 is 0 Å². The Hall–Kier alpha value is -3.74. The highest BCUT2D eigenvalue weighted by atomic mass is 16.6. The summed E-state index contributed by atoms with van der Waals surface area (Å²) in [4.78, 5) is 54.2. The topological polar surface area (TPSA) is 84.0 Å². The van der Waals surface area contributed by atoms with E-state index in [0.29, 0.717) is 17.5 Å². The molecule has 0 aromatic heterocycles. The first-order chi connectivity index (χ1) is 14.6. The van der Waals surface area contributed by atoms with E-state index in [1.54, 1.807) is 30.3 Å². The molecule has 7 heteroatoms. The summed E-state index contributed by atoms with van der Waals surface area (Å²) >= 11 is 0. The molecule has 1 fully saturated rings. The van der Waals surface area contributed by atoms with Crippen LogP contribution in [0.1, 0.15) is 39.1 Å². The molecule has 2 atom stereocenters. The van der Waals surface area contributed by atoms with Gasteiger partial charge in [0.25, 0.3) is 17.7 Å². The molecule has 0 aliphatic carbocycles. The summed E-state index contributed by atoms with van der Waals surface area (Å²) < 4.78 is 5.37. The predicted molar refractivity (Wildman–Crippen MR) is 105 cm³/mol. The fraction of sp³-hybridized carbons (Fsp3) is 0.217. The van der Waals surface area contributed by atoms with Crippen LogP contribution in [0.5, 0.6) is 0 Å². The minimum Gasteiger partial charge on any atom is -0.408 e. The second kappa shape index (κ2) is 6.95. The standard InChI is InChI=1S/C23H18N2O5/c26-20-15-9-4-5-10-16(15)21(27)25(20)17-11-6-12-19-24(22(17)28)18(23(29)30-19)13-14-7-2-1-3-8-14/h1-5,7-10,12,17-18H,6,11,13H2/t17-,18+/m0/s1. The Morgan fingerprint density at radius 3 is 2.13 bits per heavy atom. The lowest BCUT2D eigenvalue weighted by atomic mass is 10.0. The van der Waals surface area contributed by atoms with Crippen molar-refractivity contribution < 1.29 is 23.9 Å². The van der Waals surface area contributed by atoms with E-state index < -0.39 is 35.8 Å². The molecule has 3 aliphatic rings. The lowest BCUT2D eigenvalue weighted by molar-refractivity contribution is -0.139. The van der Waals surface area contributed by atoms with Crippen molar-refractivity contribution in [2.24, 2.45) is 0 Å². The molecule has 3 heterocycles. The molecular formula is C23H18N2O5. The molecule has 3 aliphatic heterocycles. The number of rotatable bonds is 3. The molecule has 0 saturated carbocycles. The van der Waals surface area contributed by atoms with E-state index in [1.807, 2.05) is 30.3 Å². The Bertz CT molecular complexity index is 1070. The van der Waals surface area contributed by atoms with Gasteiger partial charge in [0, 0.05) is 6.42 Å². The molecule has 0 unspecified atom stereocenters. The second-order valence-electron chi connectivity index (χ2n) is 7.50. The third kappa shape index (κ3) is 2.74. The minimum atomic E-state index is -0.987. The molecule has 2 aromatic rings. The highest BCUT2D eigenvalue weighted by molar-refractivity contribution is 6.23. The van der Waals surface area contributed by atoms with Gasteiger partial charge < -0.3 is 4.74 Å². The van der Waals surface area contributed by atoms with Crippen molar-refractivity contribution in [2.75, 3.05) is 0 Å². The average Bonchev–Trinajstić information content (AvgIpc) is 3.13. The highest BCUT2D eigenvalue weighted by Gasteiger charge is 2.50. The van der Waals surface area contributed by atoms with Gasteiger partial charge in [-0.1, -0.05) is 42.5 Å². The number of hydrogen-bond acceptors (Lipinski definition) is 5. The maximum absolute atomic E-state index is 13.5. The Labute approximate surface area is 172 Å². The van der Waals surface area contributed by atoms with E-state index in [0.717, 1.165) is 10.5 Å². The predicted octanol–water partition coefficient (Wildman–Crippen LogP) is 2.28. The van der Waals surface area contributed by atoms with Crippen molar-refractivity contribution in [1.29, 1.82) is 0 Å². The van der Waals surface area contributed by atoms with Crippen molar-refractivity contribution in [2.45, 2.75) is 31.3 Å². The molecule has 3 amide bonds. The minimum absolute atomic E-state index is 0.185. The molecule has 1 saturated heterocycles. The number of carbonyl (C=O) groups excluding carboxylic acids is 4. The summed E-state index contributed by atoms with van der Waals surface area (Å²) in [5.74, 6) is -1.77. The van der Waals surface area contributed by atoms with Gasteiger partial charge in [-0.05, 0) is 36.6 Å². The maximum Gasteiger partial charge on any atom is 0.336 e. The van der Waals surface area contributed by atoms with Crippen molar-refractivity contribution in [3.05, 3.63) is 83.2 Å². The van der Waals surface area contributed by atoms with Crippen molar-refractivity contribution in [1.82, 2.24) is 9.80 Å². The van der Waals surface area contributed by atoms with Crippen molar-refractivity contribution >= 4 is 23.7 Å². The zero-order valence-corrected chi connectivity index (χ0v) is 16.0. The number of carbonyl (C=O) groups is 4. The van der Waals surface area contributed by atoms with Gasteiger partial charge in [0.2, 0.25) is 5.88 Å². The van der Waals surface area contributed by atoms with Gasteiger partial charge in [0.05, 0.1) is 11.1 Å². The largest absolute Gasteiger partial charge is 0.408 e. The normalized spacial score (nSPS) is 23.1. The highest BCUT2D eigenvalue weighted by Crippen LogP contribution is 2.33. The number of hydrogen-bond donors (Lipinski definition) is 0. The molecule has 5 rings (SSSR count). The summed E-state index contributed by atoms with van der Waals surface area (Å²) in [6, 6.07) is 14.1. The molecule has 0 N–H and O–H groups in total. The molecule has 150 valence electrons. The third-order valence-corrected chi connectivity index (χ3v) is 5.72. The number of esters is 1. The van der Waals surface area contributed by atoms with Crippen LogP contribution in [0.2, 0.25) is 0 Å². The molecule has 30 heavy (non-hydrogen) atoms. The number of imide groups is 1. The fourth-order valence-corrected chi connectivity index (χ4v) is 4.27. The number of benzene rings is 2. The maximum atomic E-state index is 13.5. The number of fused-ring (bicyclic) bond motifs is 2.